The molecule has 1 aliphatic heterocycles. The van der Waals surface area contributed by atoms with Crippen molar-refractivity contribution in [2.75, 3.05) is 0 Å². The molecule has 0 aliphatic carbocycles. The van der Waals surface area contributed by atoms with Crippen LogP contribution in [-0.2, 0) is 0 Å². The van der Waals surface area contributed by atoms with Crippen molar-refractivity contribution in [2.24, 2.45) is 5.92 Å². The molecule has 3 unspecified atom stereocenters. The van der Waals surface area contributed by atoms with Gasteiger partial charge in [-0.05, 0) is 19.4 Å². The summed E-state index contributed by atoms with van der Waals surface area (Å²) in [5.74, 6) is -0.688. The van der Waals surface area contributed by atoms with E-state index in [2.05, 4.69) is 5.32 Å². The molecule has 0 saturated carbocycles. The minimum atomic E-state index is -0.388. The lowest BCUT2D eigenvalue weighted by atomic mass is 9.69. The fourth-order valence-electron chi connectivity index (χ4n) is 4.47. The highest BCUT2D eigenvalue weighted by molar-refractivity contribution is 6.11. The van der Waals surface area contributed by atoms with Crippen molar-refractivity contribution in [3.8, 4) is 0 Å². The smallest absolute Gasteiger partial charge is 0.191 e. The lowest BCUT2D eigenvalue weighted by Gasteiger charge is -2.39. The number of allylic oxidation sites excluding steroid dienone is 2. The van der Waals surface area contributed by atoms with Crippen LogP contribution in [0.4, 0.5) is 0 Å². The van der Waals surface area contributed by atoms with E-state index < -0.39 is 0 Å². The van der Waals surface area contributed by atoms with Crippen LogP contribution in [0.1, 0.15) is 46.0 Å². The number of hydrogen-bond donors (Lipinski definition) is 1. The highest BCUT2D eigenvalue weighted by Gasteiger charge is 2.43. The molecule has 4 rings (SSSR count). The molecular formula is C27H25NO2. The second kappa shape index (κ2) is 8.50. The first kappa shape index (κ1) is 19.8. The van der Waals surface area contributed by atoms with Gasteiger partial charge in [0.1, 0.15) is 0 Å². The summed E-state index contributed by atoms with van der Waals surface area (Å²) in [7, 11) is 0. The van der Waals surface area contributed by atoms with Gasteiger partial charge < -0.3 is 5.32 Å². The first-order valence-corrected chi connectivity index (χ1v) is 10.3. The van der Waals surface area contributed by atoms with Crippen molar-refractivity contribution in [2.45, 2.75) is 25.8 Å². The van der Waals surface area contributed by atoms with E-state index in [4.69, 9.17) is 0 Å². The number of nitrogens with one attached hydrogen (secondary N) is 1. The largest absolute Gasteiger partial charge is 0.385 e. The maximum Gasteiger partial charge on any atom is 0.191 e. The molecule has 0 aromatic heterocycles. The van der Waals surface area contributed by atoms with E-state index >= 15 is 0 Å². The lowest BCUT2D eigenvalue weighted by molar-refractivity contribution is 0.0865. The van der Waals surface area contributed by atoms with E-state index in [0.29, 0.717) is 16.7 Å². The van der Waals surface area contributed by atoms with Crippen molar-refractivity contribution in [3.63, 3.8) is 0 Å². The molecule has 1 N–H and O–H groups in total. The van der Waals surface area contributed by atoms with Crippen LogP contribution in [0.25, 0.3) is 0 Å². The molecule has 3 nitrogen and oxygen atoms in total. The standard InChI is InChI=1S/C27H25NO2/c1-18-23(26(29)21-14-8-4-9-15-21)25(20-12-6-3-7-13-20)24(19(2)28-18)27(30)22-16-10-5-11-17-22/h3-18,23,25,28H,1-2H3. The van der Waals surface area contributed by atoms with Gasteiger partial charge >= 0.3 is 0 Å². The zero-order valence-electron chi connectivity index (χ0n) is 17.2. The second-order valence-electron chi connectivity index (χ2n) is 7.81. The quantitative estimate of drug-likeness (QED) is 0.587. The zero-order chi connectivity index (χ0) is 21.1. The molecule has 0 bridgehead atoms. The van der Waals surface area contributed by atoms with Gasteiger partial charge in [-0.3, -0.25) is 9.59 Å². The predicted molar refractivity (Wildman–Crippen MR) is 120 cm³/mol. The summed E-state index contributed by atoms with van der Waals surface area (Å²) in [5.41, 5.74) is 3.79. The van der Waals surface area contributed by atoms with Gasteiger partial charge in [-0.15, -0.1) is 0 Å². The minimum absolute atomic E-state index is 0.0350. The summed E-state index contributed by atoms with van der Waals surface area (Å²) >= 11 is 0. The number of benzene rings is 3. The average molecular weight is 396 g/mol. The monoisotopic (exact) mass is 395 g/mol. The molecule has 0 radical (unpaired) electrons. The average Bonchev–Trinajstić information content (AvgIpc) is 2.79. The molecule has 1 heterocycles. The van der Waals surface area contributed by atoms with Crippen molar-refractivity contribution < 1.29 is 9.59 Å². The normalized spacial score (nSPS) is 21.1. The number of carbonyl (C=O) groups excluding carboxylic acids is 2. The molecule has 3 atom stereocenters. The van der Waals surface area contributed by atoms with Crippen molar-refractivity contribution in [3.05, 3.63) is 119 Å². The summed E-state index contributed by atoms with van der Waals surface area (Å²) in [6, 6.07) is 28.5. The van der Waals surface area contributed by atoms with Gasteiger partial charge in [0.2, 0.25) is 0 Å². The number of hydrogen-bond acceptors (Lipinski definition) is 3. The Hall–Kier alpha value is -3.46. The van der Waals surface area contributed by atoms with Crippen LogP contribution in [-0.4, -0.2) is 17.6 Å². The lowest BCUT2D eigenvalue weighted by Crippen LogP contribution is -2.47. The van der Waals surface area contributed by atoms with Gasteiger partial charge in [-0.2, -0.15) is 0 Å². The van der Waals surface area contributed by atoms with Gasteiger partial charge in [0.05, 0.1) is 5.92 Å². The molecule has 1 aliphatic rings. The topological polar surface area (TPSA) is 46.2 Å². The van der Waals surface area contributed by atoms with Gasteiger partial charge in [0, 0.05) is 34.4 Å². The summed E-state index contributed by atoms with van der Waals surface area (Å²) in [4.78, 5) is 27.2. The Morgan fingerprint density at radius 2 is 1.23 bits per heavy atom. The van der Waals surface area contributed by atoms with E-state index in [1.165, 1.54) is 0 Å². The molecular weight excluding hydrogens is 370 g/mol. The number of carbonyl (C=O) groups is 2. The third-order valence-corrected chi connectivity index (χ3v) is 5.86. The Morgan fingerprint density at radius 1 is 0.733 bits per heavy atom. The van der Waals surface area contributed by atoms with Crippen molar-refractivity contribution >= 4 is 11.6 Å². The van der Waals surface area contributed by atoms with Crippen LogP contribution < -0.4 is 5.32 Å². The van der Waals surface area contributed by atoms with E-state index in [1.54, 1.807) is 0 Å². The van der Waals surface area contributed by atoms with Crippen LogP contribution in [0.2, 0.25) is 0 Å². The molecule has 0 spiro atoms. The van der Waals surface area contributed by atoms with Gasteiger partial charge in [-0.25, -0.2) is 0 Å². The van der Waals surface area contributed by atoms with Crippen LogP contribution >= 0.6 is 0 Å². The van der Waals surface area contributed by atoms with Gasteiger partial charge in [-0.1, -0.05) is 91.0 Å². The van der Waals surface area contributed by atoms with E-state index in [9.17, 15) is 9.59 Å². The van der Waals surface area contributed by atoms with Crippen LogP contribution in [0, 0.1) is 5.92 Å². The number of rotatable bonds is 5. The van der Waals surface area contributed by atoms with E-state index in [0.717, 1.165) is 11.3 Å². The Kier molecular flexibility index (Phi) is 5.62. The Balaban J connectivity index is 1.86. The maximum absolute atomic E-state index is 13.6. The second-order valence-corrected chi connectivity index (χ2v) is 7.81. The molecule has 3 aromatic carbocycles. The molecule has 150 valence electrons. The molecule has 0 saturated heterocycles. The van der Waals surface area contributed by atoms with E-state index in [1.807, 2.05) is 105 Å². The highest BCUT2D eigenvalue weighted by Crippen LogP contribution is 2.41. The molecule has 3 aromatic rings. The third kappa shape index (κ3) is 3.71. The third-order valence-electron chi connectivity index (χ3n) is 5.86. The molecule has 0 fully saturated rings. The summed E-state index contributed by atoms with van der Waals surface area (Å²) in [6.07, 6.45) is 0. The SMILES string of the molecule is CC1=C(C(=O)c2ccccc2)C(c2ccccc2)C(C(=O)c2ccccc2)C(C)N1. The molecule has 0 amide bonds. The Morgan fingerprint density at radius 3 is 1.80 bits per heavy atom. The summed E-state index contributed by atoms with van der Waals surface area (Å²) in [6.45, 7) is 3.96. The number of Topliss-reactive ketones (excluding diaryl/α,β-unsaturated/α-hetero) is 2. The molecule has 3 heteroatoms. The van der Waals surface area contributed by atoms with Crippen LogP contribution in [0.15, 0.2) is 102 Å². The Bertz CT molecular complexity index is 1070. The fourth-order valence-corrected chi connectivity index (χ4v) is 4.47. The fraction of sp³-hybridized carbons (Fsp3) is 0.185. The summed E-state index contributed by atoms with van der Waals surface area (Å²) in [5, 5.41) is 3.42. The highest BCUT2D eigenvalue weighted by atomic mass is 16.1. The first-order chi connectivity index (χ1) is 14.6. The van der Waals surface area contributed by atoms with Crippen molar-refractivity contribution in [1.82, 2.24) is 5.32 Å². The molecule has 30 heavy (non-hydrogen) atoms. The predicted octanol–water partition coefficient (Wildman–Crippen LogP) is 5.42. The van der Waals surface area contributed by atoms with Gasteiger partial charge in [0.25, 0.3) is 0 Å². The van der Waals surface area contributed by atoms with Crippen molar-refractivity contribution in [1.29, 1.82) is 0 Å². The van der Waals surface area contributed by atoms with Crippen LogP contribution in [0.5, 0.6) is 0 Å². The number of ketones is 2. The Labute approximate surface area is 177 Å². The summed E-state index contributed by atoms with van der Waals surface area (Å²) < 4.78 is 0. The zero-order valence-corrected chi connectivity index (χ0v) is 17.2. The minimum Gasteiger partial charge on any atom is -0.385 e. The van der Waals surface area contributed by atoms with E-state index in [-0.39, 0.29) is 29.4 Å². The van der Waals surface area contributed by atoms with Gasteiger partial charge in [0.15, 0.2) is 11.6 Å². The first-order valence-electron chi connectivity index (χ1n) is 10.3. The maximum atomic E-state index is 13.6. The van der Waals surface area contributed by atoms with Crippen LogP contribution in [0.3, 0.4) is 0 Å².